The Bertz CT molecular complexity index is 181. The van der Waals surface area contributed by atoms with Crippen LogP contribution in [0.25, 0.3) is 0 Å². The molecule has 53 valence electrons. The van der Waals surface area contributed by atoms with Crippen molar-refractivity contribution in [3.63, 3.8) is 0 Å². The minimum atomic E-state index is -0.416. The molecule has 1 atom stereocenters. The number of aliphatic hydroxyl groups is 1. The van der Waals surface area contributed by atoms with E-state index in [0.717, 1.165) is 5.56 Å². The largest absolute Gasteiger partial charge is 0.388 e. The fraction of sp³-hybridized carbons (Fsp3) is 0.222. The monoisotopic (exact) mass is 135 g/mol. The van der Waals surface area contributed by atoms with Gasteiger partial charge in [0.2, 0.25) is 0 Å². The lowest BCUT2D eigenvalue weighted by Gasteiger charge is -2.05. The van der Waals surface area contributed by atoms with Crippen LogP contribution in [0.4, 0.5) is 0 Å². The summed E-state index contributed by atoms with van der Waals surface area (Å²) in [6.45, 7) is 1.84. The van der Waals surface area contributed by atoms with Crippen LogP contribution < -0.4 is 0 Å². The molecule has 1 heteroatoms. The van der Waals surface area contributed by atoms with E-state index in [-0.39, 0.29) is 0 Å². The number of hydrogen-bond donors (Lipinski definition) is 1. The van der Waals surface area contributed by atoms with Crippen molar-refractivity contribution < 1.29 is 5.11 Å². The van der Waals surface area contributed by atoms with Crippen molar-refractivity contribution in [1.82, 2.24) is 0 Å². The summed E-state index contributed by atoms with van der Waals surface area (Å²) < 4.78 is 0. The average Bonchev–Trinajstić information content (AvgIpc) is 2.05. The minimum Gasteiger partial charge on any atom is -0.388 e. The maximum Gasteiger partial charge on any atom is 0.0819 e. The molecule has 0 fully saturated rings. The highest BCUT2D eigenvalue weighted by Gasteiger charge is 2.01. The second kappa shape index (κ2) is 3.37. The Morgan fingerprint density at radius 3 is 2.40 bits per heavy atom. The van der Waals surface area contributed by atoms with E-state index in [2.05, 4.69) is 0 Å². The van der Waals surface area contributed by atoms with Crippen LogP contribution in [0.5, 0.6) is 0 Å². The van der Waals surface area contributed by atoms with Crippen LogP contribution in [0.15, 0.2) is 30.3 Å². The SMILES string of the molecule is C[CH]C(O)c1ccccc1. The lowest BCUT2D eigenvalue weighted by Crippen LogP contribution is -1.93. The molecule has 1 radical (unpaired) electrons. The van der Waals surface area contributed by atoms with Crippen molar-refractivity contribution in [3.05, 3.63) is 42.3 Å². The summed E-state index contributed by atoms with van der Waals surface area (Å²) in [6, 6.07) is 9.59. The first kappa shape index (κ1) is 7.29. The van der Waals surface area contributed by atoms with E-state index in [4.69, 9.17) is 0 Å². The maximum absolute atomic E-state index is 9.27. The first-order valence-corrected chi connectivity index (χ1v) is 3.37. The molecular formula is C9H11O. The average molecular weight is 135 g/mol. The van der Waals surface area contributed by atoms with Gasteiger partial charge in [0.15, 0.2) is 0 Å². The summed E-state index contributed by atoms with van der Waals surface area (Å²) in [5, 5.41) is 9.27. The normalized spacial score (nSPS) is 13.0. The van der Waals surface area contributed by atoms with Gasteiger partial charge in [-0.05, 0) is 12.0 Å². The fourth-order valence-corrected chi connectivity index (χ4v) is 0.843. The van der Waals surface area contributed by atoms with E-state index in [0.29, 0.717) is 0 Å². The molecule has 0 aliphatic rings. The van der Waals surface area contributed by atoms with Crippen LogP contribution >= 0.6 is 0 Å². The molecule has 1 aromatic rings. The molecule has 0 aromatic heterocycles. The summed E-state index contributed by atoms with van der Waals surface area (Å²) in [7, 11) is 0. The van der Waals surface area contributed by atoms with E-state index in [1.807, 2.05) is 37.3 Å². The maximum atomic E-state index is 9.27. The van der Waals surface area contributed by atoms with Crippen molar-refractivity contribution in [1.29, 1.82) is 0 Å². The lowest BCUT2D eigenvalue weighted by molar-refractivity contribution is 0.212. The van der Waals surface area contributed by atoms with E-state index in [9.17, 15) is 5.11 Å². The third kappa shape index (κ3) is 1.58. The van der Waals surface area contributed by atoms with Crippen molar-refractivity contribution >= 4 is 0 Å². The third-order valence-corrected chi connectivity index (χ3v) is 1.46. The highest BCUT2D eigenvalue weighted by Crippen LogP contribution is 2.13. The topological polar surface area (TPSA) is 20.2 Å². The Balaban J connectivity index is 2.75. The van der Waals surface area contributed by atoms with E-state index >= 15 is 0 Å². The molecule has 1 nitrogen and oxygen atoms in total. The standard InChI is InChI=1S/C9H11O/c1-2-9(10)8-6-4-3-5-7-8/h2-7,9-10H,1H3. The van der Waals surface area contributed by atoms with Gasteiger partial charge in [-0.2, -0.15) is 0 Å². The molecule has 0 saturated heterocycles. The second-order valence-electron chi connectivity index (χ2n) is 2.19. The Kier molecular flexibility index (Phi) is 2.46. The molecule has 1 unspecified atom stereocenters. The molecule has 0 heterocycles. The summed E-state index contributed by atoms with van der Waals surface area (Å²) >= 11 is 0. The molecule has 0 bridgehead atoms. The summed E-state index contributed by atoms with van der Waals surface area (Å²) in [5.41, 5.74) is 0.949. The van der Waals surface area contributed by atoms with Gasteiger partial charge in [-0.1, -0.05) is 37.3 Å². The Hall–Kier alpha value is -0.820. The molecule has 1 aromatic carbocycles. The van der Waals surface area contributed by atoms with Gasteiger partial charge in [-0.3, -0.25) is 0 Å². The molecule has 0 saturated carbocycles. The van der Waals surface area contributed by atoms with Gasteiger partial charge < -0.3 is 5.11 Å². The summed E-state index contributed by atoms with van der Waals surface area (Å²) in [6.07, 6.45) is 1.34. The zero-order valence-corrected chi connectivity index (χ0v) is 5.99. The highest BCUT2D eigenvalue weighted by atomic mass is 16.3. The van der Waals surface area contributed by atoms with Crippen LogP contribution in [0, 0.1) is 6.42 Å². The van der Waals surface area contributed by atoms with Crippen LogP contribution in [-0.2, 0) is 0 Å². The number of rotatable bonds is 2. The minimum absolute atomic E-state index is 0.416. The van der Waals surface area contributed by atoms with Crippen molar-refractivity contribution in [2.24, 2.45) is 0 Å². The van der Waals surface area contributed by atoms with Crippen LogP contribution in [0.3, 0.4) is 0 Å². The first-order valence-electron chi connectivity index (χ1n) is 3.37. The quantitative estimate of drug-likeness (QED) is 0.657. The van der Waals surface area contributed by atoms with Crippen molar-refractivity contribution in [3.8, 4) is 0 Å². The molecule has 0 aliphatic heterocycles. The predicted octanol–water partition coefficient (Wildman–Crippen LogP) is 1.94. The van der Waals surface area contributed by atoms with Crippen LogP contribution in [0.2, 0.25) is 0 Å². The zero-order valence-electron chi connectivity index (χ0n) is 5.99. The lowest BCUT2D eigenvalue weighted by atomic mass is 10.1. The van der Waals surface area contributed by atoms with E-state index in [1.54, 1.807) is 6.42 Å². The molecule has 0 amide bonds. The number of aliphatic hydroxyl groups excluding tert-OH is 1. The zero-order chi connectivity index (χ0) is 7.40. The summed E-state index contributed by atoms with van der Waals surface area (Å²) in [4.78, 5) is 0. The fourth-order valence-electron chi connectivity index (χ4n) is 0.843. The second-order valence-corrected chi connectivity index (χ2v) is 2.19. The Morgan fingerprint density at radius 2 is 1.90 bits per heavy atom. The third-order valence-electron chi connectivity index (χ3n) is 1.46. The molecule has 1 rings (SSSR count). The van der Waals surface area contributed by atoms with Crippen LogP contribution in [0.1, 0.15) is 18.6 Å². The number of benzene rings is 1. The van der Waals surface area contributed by atoms with Crippen molar-refractivity contribution in [2.75, 3.05) is 0 Å². The van der Waals surface area contributed by atoms with Gasteiger partial charge in [0.1, 0.15) is 0 Å². The van der Waals surface area contributed by atoms with Gasteiger partial charge in [0.25, 0.3) is 0 Å². The van der Waals surface area contributed by atoms with Gasteiger partial charge in [0, 0.05) is 0 Å². The molecule has 1 N–H and O–H groups in total. The summed E-state index contributed by atoms with van der Waals surface area (Å²) in [5.74, 6) is 0. The molecular weight excluding hydrogens is 124 g/mol. The van der Waals surface area contributed by atoms with Crippen LogP contribution in [-0.4, -0.2) is 5.11 Å². The smallest absolute Gasteiger partial charge is 0.0819 e. The van der Waals surface area contributed by atoms with Gasteiger partial charge in [-0.15, -0.1) is 0 Å². The highest BCUT2D eigenvalue weighted by molar-refractivity contribution is 5.18. The van der Waals surface area contributed by atoms with Gasteiger partial charge in [0.05, 0.1) is 6.10 Å². The van der Waals surface area contributed by atoms with E-state index in [1.165, 1.54) is 0 Å². The molecule has 10 heavy (non-hydrogen) atoms. The number of hydrogen-bond acceptors (Lipinski definition) is 1. The predicted molar refractivity (Wildman–Crippen MR) is 41.4 cm³/mol. The molecule has 0 aliphatic carbocycles. The molecule has 0 spiro atoms. The van der Waals surface area contributed by atoms with E-state index < -0.39 is 6.10 Å². The van der Waals surface area contributed by atoms with Gasteiger partial charge in [-0.25, -0.2) is 0 Å². The van der Waals surface area contributed by atoms with Crippen molar-refractivity contribution in [2.45, 2.75) is 13.0 Å². The first-order chi connectivity index (χ1) is 4.84. The Morgan fingerprint density at radius 1 is 1.30 bits per heavy atom. The van der Waals surface area contributed by atoms with Gasteiger partial charge >= 0.3 is 0 Å². The Labute approximate surface area is 61.3 Å².